The summed E-state index contributed by atoms with van der Waals surface area (Å²) >= 11 is 1.73. The molecule has 0 aromatic carbocycles. The van der Waals surface area contributed by atoms with Gasteiger partial charge >= 0.3 is 0 Å². The predicted molar refractivity (Wildman–Crippen MR) is 70.5 cm³/mol. The summed E-state index contributed by atoms with van der Waals surface area (Å²) in [6, 6.07) is 0.312. The normalized spacial score (nSPS) is 33.2. The van der Waals surface area contributed by atoms with Crippen molar-refractivity contribution in [2.75, 3.05) is 0 Å². The third-order valence-corrected chi connectivity index (χ3v) is 5.77. The second-order valence-corrected chi connectivity index (χ2v) is 6.58. The maximum Gasteiger partial charge on any atom is 0.0798 e. The molecule has 1 aromatic heterocycles. The molecule has 4 heteroatoms. The first-order valence-corrected chi connectivity index (χ1v) is 7.52. The van der Waals surface area contributed by atoms with Crippen LogP contribution in [0.1, 0.15) is 48.7 Å². The van der Waals surface area contributed by atoms with Crippen LogP contribution in [0.15, 0.2) is 5.51 Å². The SMILES string of the molecule is Cc1ncsc1C(CC1CC2CCC1C2)NN. The Bertz CT molecular complexity index is 390. The summed E-state index contributed by atoms with van der Waals surface area (Å²) in [5, 5.41) is 0. The van der Waals surface area contributed by atoms with Gasteiger partial charge in [-0.05, 0) is 50.4 Å². The van der Waals surface area contributed by atoms with Gasteiger partial charge in [0, 0.05) is 4.88 Å². The number of nitrogens with one attached hydrogen (secondary N) is 1. The second kappa shape index (κ2) is 4.67. The molecule has 3 rings (SSSR count). The lowest BCUT2D eigenvalue weighted by Gasteiger charge is -2.26. The molecule has 2 fully saturated rings. The van der Waals surface area contributed by atoms with Gasteiger partial charge in [-0.25, -0.2) is 4.98 Å². The second-order valence-electron chi connectivity index (χ2n) is 5.69. The number of aryl methyl sites for hydroxylation is 1. The van der Waals surface area contributed by atoms with Crippen LogP contribution < -0.4 is 11.3 Å². The molecule has 17 heavy (non-hydrogen) atoms. The summed E-state index contributed by atoms with van der Waals surface area (Å²) < 4.78 is 0. The third kappa shape index (κ3) is 2.14. The van der Waals surface area contributed by atoms with E-state index in [2.05, 4.69) is 17.3 Å². The predicted octanol–water partition coefficient (Wildman–Crippen LogP) is 2.78. The van der Waals surface area contributed by atoms with Gasteiger partial charge in [0.2, 0.25) is 0 Å². The van der Waals surface area contributed by atoms with Crippen LogP contribution in [0.4, 0.5) is 0 Å². The maximum absolute atomic E-state index is 5.74. The highest BCUT2D eigenvalue weighted by Crippen LogP contribution is 2.51. The van der Waals surface area contributed by atoms with Gasteiger partial charge in [-0.1, -0.05) is 6.42 Å². The van der Waals surface area contributed by atoms with Crippen LogP contribution in [-0.2, 0) is 0 Å². The Morgan fingerprint density at radius 3 is 2.94 bits per heavy atom. The van der Waals surface area contributed by atoms with Crippen LogP contribution in [0.2, 0.25) is 0 Å². The highest BCUT2D eigenvalue weighted by Gasteiger charge is 2.40. The first-order valence-electron chi connectivity index (χ1n) is 6.64. The van der Waals surface area contributed by atoms with Crippen LogP contribution in [0.3, 0.4) is 0 Å². The molecule has 94 valence electrons. The number of fused-ring (bicyclic) bond motifs is 2. The molecule has 0 spiro atoms. The number of hydrogen-bond acceptors (Lipinski definition) is 4. The molecular formula is C13H21N3S. The molecular weight excluding hydrogens is 230 g/mol. The van der Waals surface area contributed by atoms with Crippen LogP contribution >= 0.6 is 11.3 Å². The van der Waals surface area contributed by atoms with Crippen molar-refractivity contribution in [3.63, 3.8) is 0 Å². The highest BCUT2D eigenvalue weighted by atomic mass is 32.1. The van der Waals surface area contributed by atoms with Crippen LogP contribution in [0.25, 0.3) is 0 Å². The lowest BCUT2D eigenvalue weighted by Crippen LogP contribution is -2.30. The number of aromatic nitrogens is 1. The lowest BCUT2D eigenvalue weighted by molar-refractivity contribution is 0.281. The molecule has 2 aliphatic rings. The van der Waals surface area contributed by atoms with Crippen molar-refractivity contribution in [3.8, 4) is 0 Å². The molecule has 0 amide bonds. The zero-order valence-corrected chi connectivity index (χ0v) is 11.2. The van der Waals surface area contributed by atoms with Crippen molar-refractivity contribution < 1.29 is 0 Å². The minimum atomic E-state index is 0.312. The average Bonchev–Trinajstić information content (AvgIpc) is 3.02. The zero-order valence-electron chi connectivity index (χ0n) is 10.4. The first-order chi connectivity index (χ1) is 8.28. The third-order valence-electron chi connectivity index (χ3n) is 4.72. The van der Waals surface area contributed by atoms with E-state index in [0.29, 0.717) is 6.04 Å². The van der Waals surface area contributed by atoms with Gasteiger partial charge in [0.25, 0.3) is 0 Å². The summed E-state index contributed by atoms with van der Waals surface area (Å²) in [7, 11) is 0. The van der Waals surface area contributed by atoms with Gasteiger partial charge in [0.05, 0.1) is 17.2 Å². The van der Waals surface area contributed by atoms with E-state index in [1.807, 2.05) is 5.51 Å². The van der Waals surface area contributed by atoms with Crippen molar-refractivity contribution in [2.45, 2.75) is 45.1 Å². The molecule has 0 aliphatic heterocycles. The van der Waals surface area contributed by atoms with E-state index in [1.54, 1.807) is 11.3 Å². The largest absolute Gasteiger partial charge is 0.271 e. The summed E-state index contributed by atoms with van der Waals surface area (Å²) in [4.78, 5) is 5.66. The van der Waals surface area contributed by atoms with Crippen LogP contribution in [-0.4, -0.2) is 4.98 Å². The summed E-state index contributed by atoms with van der Waals surface area (Å²) in [5.74, 6) is 8.62. The fourth-order valence-electron chi connectivity index (χ4n) is 3.86. The van der Waals surface area contributed by atoms with E-state index in [9.17, 15) is 0 Å². The molecule has 1 heterocycles. The molecule has 4 atom stereocenters. The van der Waals surface area contributed by atoms with Gasteiger partial charge in [0.1, 0.15) is 0 Å². The topological polar surface area (TPSA) is 50.9 Å². The van der Waals surface area contributed by atoms with Crippen LogP contribution in [0, 0.1) is 24.7 Å². The van der Waals surface area contributed by atoms with E-state index < -0.39 is 0 Å². The van der Waals surface area contributed by atoms with Crippen molar-refractivity contribution in [1.29, 1.82) is 0 Å². The molecule has 3 N–H and O–H groups in total. The standard InChI is InChI=1S/C13H21N3S/c1-8-13(17-7-15-8)12(16-14)6-11-5-9-2-3-10(11)4-9/h7,9-12,16H,2-6,14H2,1H3. The fraction of sp³-hybridized carbons (Fsp3) is 0.769. The number of thiazole rings is 1. The van der Waals surface area contributed by atoms with Crippen molar-refractivity contribution in [1.82, 2.24) is 10.4 Å². The zero-order chi connectivity index (χ0) is 11.8. The smallest absolute Gasteiger partial charge is 0.0798 e. The average molecular weight is 251 g/mol. The first kappa shape index (κ1) is 11.6. The quantitative estimate of drug-likeness (QED) is 0.639. The van der Waals surface area contributed by atoms with E-state index in [4.69, 9.17) is 5.84 Å². The van der Waals surface area contributed by atoms with E-state index in [1.165, 1.54) is 37.0 Å². The van der Waals surface area contributed by atoms with E-state index in [0.717, 1.165) is 23.4 Å². The maximum atomic E-state index is 5.74. The minimum Gasteiger partial charge on any atom is -0.271 e. The molecule has 3 nitrogen and oxygen atoms in total. The summed E-state index contributed by atoms with van der Waals surface area (Å²) in [5.41, 5.74) is 6.07. The number of nitrogens with two attached hydrogens (primary N) is 1. The van der Waals surface area contributed by atoms with Gasteiger partial charge in [0.15, 0.2) is 0 Å². The molecule has 0 radical (unpaired) electrons. The van der Waals surface area contributed by atoms with Crippen molar-refractivity contribution >= 4 is 11.3 Å². The van der Waals surface area contributed by atoms with Gasteiger partial charge in [-0.3, -0.25) is 11.3 Å². The van der Waals surface area contributed by atoms with Gasteiger partial charge < -0.3 is 0 Å². The molecule has 0 saturated heterocycles. The monoisotopic (exact) mass is 251 g/mol. The summed E-state index contributed by atoms with van der Waals surface area (Å²) in [6.45, 7) is 2.08. The van der Waals surface area contributed by atoms with Gasteiger partial charge in [-0.2, -0.15) is 0 Å². The highest BCUT2D eigenvalue weighted by molar-refractivity contribution is 7.09. The van der Waals surface area contributed by atoms with E-state index in [-0.39, 0.29) is 0 Å². The Morgan fingerprint density at radius 2 is 2.41 bits per heavy atom. The Morgan fingerprint density at radius 1 is 1.53 bits per heavy atom. The molecule has 4 unspecified atom stereocenters. The number of hydrazine groups is 1. The fourth-order valence-corrected chi connectivity index (χ4v) is 4.74. The number of nitrogens with zero attached hydrogens (tertiary/aromatic N) is 1. The molecule has 2 aliphatic carbocycles. The number of hydrogen-bond donors (Lipinski definition) is 2. The van der Waals surface area contributed by atoms with Crippen LogP contribution in [0.5, 0.6) is 0 Å². The Kier molecular flexibility index (Phi) is 3.19. The Hall–Kier alpha value is -0.450. The molecule has 2 saturated carbocycles. The Balaban J connectivity index is 1.69. The minimum absolute atomic E-state index is 0.312. The van der Waals surface area contributed by atoms with Gasteiger partial charge in [-0.15, -0.1) is 11.3 Å². The lowest BCUT2D eigenvalue weighted by atomic mass is 9.84. The van der Waals surface area contributed by atoms with Crippen molar-refractivity contribution in [2.24, 2.45) is 23.6 Å². The number of rotatable bonds is 4. The van der Waals surface area contributed by atoms with Crippen molar-refractivity contribution in [3.05, 3.63) is 16.1 Å². The molecule has 1 aromatic rings. The Labute approximate surface area is 107 Å². The summed E-state index contributed by atoms with van der Waals surface area (Å²) in [6.07, 6.45) is 7.03. The molecule has 2 bridgehead atoms. The van der Waals surface area contributed by atoms with E-state index >= 15 is 0 Å².